The van der Waals surface area contributed by atoms with Gasteiger partial charge in [-0.3, -0.25) is 4.79 Å². The van der Waals surface area contributed by atoms with E-state index in [1.165, 1.54) is 9.47 Å². The van der Waals surface area contributed by atoms with Crippen LogP contribution >= 0.6 is 0 Å². The van der Waals surface area contributed by atoms with Crippen molar-refractivity contribution in [2.24, 2.45) is 5.92 Å². The summed E-state index contributed by atoms with van der Waals surface area (Å²) in [5.74, 6) is -2.49. The second-order valence-corrected chi connectivity index (χ2v) is 9.95. The van der Waals surface area contributed by atoms with Crippen molar-refractivity contribution in [3.8, 4) is 6.07 Å². The van der Waals surface area contributed by atoms with Crippen LogP contribution in [0, 0.1) is 28.9 Å². The van der Waals surface area contributed by atoms with E-state index in [9.17, 15) is 22.8 Å². The number of aromatic nitrogens is 2. The molecule has 2 saturated heterocycles. The number of fused-ring (bicyclic) bond motifs is 1. The van der Waals surface area contributed by atoms with Crippen molar-refractivity contribution in [2.75, 3.05) is 31.1 Å². The number of benzene rings is 1. The molecule has 0 radical (unpaired) electrons. The number of rotatable bonds is 4. The summed E-state index contributed by atoms with van der Waals surface area (Å²) in [6.45, 7) is 5.82. The molecule has 0 bridgehead atoms. The minimum Gasteiger partial charge on any atom is -0.441 e. The molecular weight excluding hydrogens is 465 g/mol. The van der Waals surface area contributed by atoms with E-state index in [-0.39, 0.29) is 54.9 Å². The first-order valence-corrected chi connectivity index (χ1v) is 11.4. The van der Waals surface area contributed by atoms with Crippen LogP contribution in [0.15, 0.2) is 12.1 Å². The maximum Gasteiger partial charge on any atom is 0.407 e. The second-order valence-electron chi connectivity index (χ2n) is 9.95. The predicted molar refractivity (Wildman–Crippen MR) is 120 cm³/mol. The van der Waals surface area contributed by atoms with Gasteiger partial charge in [-0.15, -0.1) is 0 Å². The molecule has 0 saturated carbocycles. The van der Waals surface area contributed by atoms with Gasteiger partial charge in [0, 0.05) is 37.3 Å². The fraction of sp³-hybridized carbons (Fsp3) is 0.565. The van der Waals surface area contributed by atoms with Gasteiger partial charge in [0.1, 0.15) is 12.7 Å². The summed E-state index contributed by atoms with van der Waals surface area (Å²) in [5, 5.41) is 11.6. The van der Waals surface area contributed by atoms with Crippen LogP contribution < -0.4 is 10.2 Å². The van der Waals surface area contributed by atoms with Gasteiger partial charge in [-0.05, 0) is 27.2 Å². The van der Waals surface area contributed by atoms with Crippen molar-refractivity contribution >= 4 is 29.0 Å². The van der Waals surface area contributed by atoms with E-state index < -0.39 is 35.5 Å². The lowest BCUT2D eigenvalue weighted by Gasteiger charge is -2.37. The number of carbonyl (C=O) groups is 2. The van der Waals surface area contributed by atoms with Gasteiger partial charge in [0.15, 0.2) is 17.7 Å². The van der Waals surface area contributed by atoms with Gasteiger partial charge < -0.3 is 24.4 Å². The van der Waals surface area contributed by atoms with E-state index in [0.29, 0.717) is 13.1 Å². The van der Waals surface area contributed by atoms with Crippen molar-refractivity contribution < 1.29 is 27.5 Å². The Morgan fingerprint density at radius 1 is 1.23 bits per heavy atom. The smallest absolute Gasteiger partial charge is 0.407 e. The van der Waals surface area contributed by atoms with Crippen molar-refractivity contribution in [1.82, 2.24) is 19.8 Å². The number of imidazole rings is 1. The molecule has 1 N–H and O–H groups in total. The van der Waals surface area contributed by atoms with Crippen LogP contribution in [0.5, 0.6) is 0 Å². The van der Waals surface area contributed by atoms with E-state index in [4.69, 9.17) is 10.00 Å². The zero-order chi connectivity index (χ0) is 25.5. The molecule has 0 spiro atoms. The number of hydrogen-bond donors (Lipinski definition) is 1. The number of piperidine rings is 1. The number of nitrogens with zero attached hydrogens (tertiary/aromatic N) is 5. The van der Waals surface area contributed by atoms with E-state index in [2.05, 4.69) is 16.4 Å². The number of hydrogen-bond acceptors (Lipinski definition) is 6. The molecule has 3 heterocycles. The third-order valence-electron chi connectivity index (χ3n) is 5.98. The molecule has 2 amide bonds. The SMILES string of the molecule is CC(C)(C)NC(=O)O[C@@H]1CN(c2nc3cc(F)c(F)cc3n2CC(=O)N2CC(C#N)C2)CC[C@H]1F. The number of ether oxygens (including phenoxy) is 1. The molecule has 2 fully saturated rings. The Bertz CT molecular complexity index is 1180. The molecule has 0 unspecified atom stereocenters. The Morgan fingerprint density at radius 3 is 2.57 bits per heavy atom. The van der Waals surface area contributed by atoms with Crippen LogP contribution in [-0.4, -0.2) is 70.4 Å². The van der Waals surface area contributed by atoms with E-state index in [1.54, 1.807) is 25.7 Å². The van der Waals surface area contributed by atoms with Gasteiger partial charge in [0.05, 0.1) is 29.6 Å². The minimum atomic E-state index is -1.41. The summed E-state index contributed by atoms with van der Waals surface area (Å²) in [7, 11) is 0. The highest BCUT2D eigenvalue weighted by molar-refractivity contribution is 5.84. The number of alkyl halides is 1. The highest BCUT2D eigenvalue weighted by atomic mass is 19.2. The van der Waals surface area contributed by atoms with Crippen LogP contribution in [0.25, 0.3) is 11.0 Å². The van der Waals surface area contributed by atoms with Crippen molar-refractivity contribution in [2.45, 2.75) is 51.6 Å². The fourth-order valence-electron chi connectivity index (χ4n) is 4.16. The molecule has 4 rings (SSSR count). The summed E-state index contributed by atoms with van der Waals surface area (Å²) in [6, 6.07) is 4.00. The lowest BCUT2D eigenvalue weighted by molar-refractivity contribution is -0.136. The van der Waals surface area contributed by atoms with Crippen LogP contribution in [-0.2, 0) is 16.1 Å². The molecule has 35 heavy (non-hydrogen) atoms. The molecule has 1 aromatic heterocycles. The van der Waals surface area contributed by atoms with Gasteiger partial charge in [-0.1, -0.05) is 0 Å². The highest BCUT2D eigenvalue weighted by Crippen LogP contribution is 2.29. The number of amides is 2. The molecule has 2 aliphatic heterocycles. The molecule has 12 heteroatoms. The second kappa shape index (κ2) is 9.28. The molecule has 0 aliphatic carbocycles. The van der Waals surface area contributed by atoms with Crippen LogP contribution in [0.4, 0.5) is 23.9 Å². The Morgan fingerprint density at radius 2 is 1.91 bits per heavy atom. The fourth-order valence-corrected chi connectivity index (χ4v) is 4.16. The Hall–Kier alpha value is -3.49. The average Bonchev–Trinajstić information content (AvgIpc) is 3.05. The number of alkyl carbamates (subject to hydrolysis) is 1. The zero-order valence-electron chi connectivity index (χ0n) is 19.7. The third kappa shape index (κ3) is 5.28. The number of nitrogens with one attached hydrogen (secondary N) is 1. The van der Waals surface area contributed by atoms with Crippen molar-refractivity contribution in [3.63, 3.8) is 0 Å². The largest absolute Gasteiger partial charge is 0.441 e. The van der Waals surface area contributed by atoms with Gasteiger partial charge in [-0.2, -0.15) is 5.26 Å². The van der Waals surface area contributed by atoms with Gasteiger partial charge in [0.25, 0.3) is 0 Å². The summed E-state index contributed by atoms with van der Waals surface area (Å²) >= 11 is 0. The van der Waals surface area contributed by atoms with Gasteiger partial charge in [-0.25, -0.2) is 22.9 Å². The molecule has 2 aliphatic rings. The van der Waals surface area contributed by atoms with Crippen LogP contribution in [0.1, 0.15) is 27.2 Å². The molecule has 2 aromatic rings. The molecule has 2 atom stereocenters. The summed E-state index contributed by atoms with van der Waals surface area (Å²) in [5.41, 5.74) is -0.230. The monoisotopic (exact) mass is 492 g/mol. The summed E-state index contributed by atoms with van der Waals surface area (Å²) < 4.78 is 49.4. The van der Waals surface area contributed by atoms with E-state index in [0.717, 1.165) is 12.1 Å². The molecular formula is C23H27F3N6O3. The van der Waals surface area contributed by atoms with Crippen molar-refractivity contribution in [1.29, 1.82) is 5.26 Å². The van der Waals surface area contributed by atoms with E-state index in [1.807, 2.05) is 0 Å². The Balaban J connectivity index is 1.61. The normalized spacial score (nSPS) is 20.9. The Kier molecular flexibility index (Phi) is 6.53. The predicted octanol–water partition coefficient (Wildman–Crippen LogP) is 2.74. The zero-order valence-corrected chi connectivity index (χ0v) is 19.7. The number of anilines is 1. The quantitative estimate of drug-likeness (QED) is 0.704. The maximum absolute atomic E-state index is 14.6. The first-order valence-electron chi connectivity index (χ1n) is 11.4. The molecule has 1 aromatic carbocycles. The third-order valence-corrected chi connectivity index (χ3v) is 5.98. The van der Waals surface area contributed by atoms with Gasteiger partial charge >= 0.3 is 6.09 Å². The first kappa shape index (κ1) is 24.6. The topological polar surface area (TPSA) is 103 Å². The molecule has 188 valence electrons. The van der Waals surface area contributed by atoms with Crippen LogP contribution in [0.2, 0.25) is 0 Å². The summed E-state index contributed by atoms with van der Waals surface area (Å²) in [4.78, 5) is 32.6. The van der Waals surface area contributed by atoms with Crippen molar-refractivity contribution in [3.05, 3.63) is 23.8 Å². The standard InChI is InChI=1S/C23H27F3N6O3/c1-23(2,3)29-22(34)35-19-11-30(5-4-14(19)24)21-28-17-6-15(25)16(26)7-18(17)32(21)12-20(33)31-9-13(8-27)10-31/h6-7,13-14,19H,4-5,9-12H2,1-3H3,(H,29,34)/t14-,19-/m1/s1. The lowest BCUT2D eigenvalue weighted by Crippen LogP contribution is -2.52. The molecule has 9 nitrogen and oxygen atoms in total. The number of likely N-dealkylation sites (tertiary alicyclic amines) is 1. The van der Waals surface area contributed by atoms with Crippen LogP contribution in [0.3, 0.4) is 0 Å². The minimum absolute atomic E-state index is 0.0311. The highest BCUT2D eigenvalue weighted by Gasteiger charge is 2.36. The number of carbonyl (C=O) groups excluding carboxylic acids is 2. The van der Waals surface area contributed by atoms with E-state index >= 15 is 0 Å². The Labute approximate surface area is 200 Å². The summed E-state index contributed by atoms with van der Waals surface area (Å²) in [6.07, 6.45) is -3.24. The van der Waals surface area contributed by atoms with Gasteiger partial charge in [0.2, 0.25) is 11.9 Å². The average molecular weight is 493 g/mol. The number of nitriles is 1. The maximum atomic E-state index is 14.6. The number of halogens is 3. The first-order chi connectivity index (χ1) is 16.4. The lowest BCUT2D eigenvalue weighted by atomic mass is 10.0.